The molecule has 0 bridgehead atoms. The SMILES string of the molecule is Cc1cn2c(n1)C(C)N(C(=O)c1cc3nc(Br)ccn3n1)CC2. The average molecular weight is 375 g/mol. The Morgan fingerprint density at radius 1 is 1.35 bits per heavy atom. The van der Waals surface area contributed by atoms with Crippen LogP contribution in [0.1, 0.15) is 35.0 Å². The Kier molecular flexibility index (Phi) is 3.22. The molecule has 0 aliphatic carbocycles. The summed E-state index contributed by atoms with van der Waals surface area (Å²) >= 11 is 3.33. The summed E-state index contributed by atoms with van der Waals surface area (Å²) in [5.41, 5.74) is 2.02. The first-order valence-corrected chi connectivity index (χ1v) is 8.19. The van der Waals surface area contributed by atoms with Crippen LogP contribution in [0.3, 0.4) is 0 Å². The number of aromatic nitrogens is 5. The van der Waals surface area contributed by atoms with Gasteiger partial charge in [-0.2, -0.15) is 5.10 Å². The van der Waals surface area contributed by atoms with Crippen molar-refractivity contribution in [2.45, 2.75) is 26.4 Å². The van der Waals surface area contributed by atoms with Gasteiger partial charge in [0, 0.05) is 31.5 Å². The summed E-state index contributed by atoms with van der Waals surface area (Å²) in [5, 5.41) is 4.34. The Balaban J connectivity index is 1.68. The number of fused-ring (bicyclic) bond motifs is 2. The van der Waals surface area contributed by atoms with Crippen molar-refractivity contribution >= 4 is 27.5 Å². The zero-order chi connectivity index (χ0) is 16.1. The highest BCUT2D eigenvalue weighted by Gasteiger charge is 2.31. The molecule has 7 nitrogen and oxygen atoms in total. The minimum absolute atomic E-state index is 0.0746. The Hall–Kier alpha value is -2.22. The third kappa shape index (κ3) is 2.33. The molecule has 0 spiro atoms. The van der Waals surface area contributed by atoms with Crippen LogP contribution in [0.5, 0.6) is 0 Å². The number of imidazole rings is 1. The summed E-state index contributed by atoms with van der Waals surface area (Å²) in [4.78, 5) is 23.5. The minimum Gasteiger partial charge on any atom is -0.331 e. The Bertz CT molecular complexity index is 914. The topological polar surface area (TPSA) is 68.3 Å². The maximum absolute atomic E-state index is 12.9. The molecule has 4 heterocycles. The van der Waals surface area contributed by atoms with Crippen LogP contribution in [0.25, 0.3) is 5.65 Å². The highest BCUT2D eigenvalue weighted by molar-refractivity contribution is 9.10. The molecule has 23 heavy (non-hydrogen) atoms. The summed E-state index contributed by atoms with van der Waals surface area (Å²) in [7, 11) is 0. The van der Waals surface area contributed by atoms with Gasteiger partial charge in [-0.1, -0.05) is 0 Å². The largest absolute Gasteiger partial charge is 0.331 e. The van der Waals surface area contributed by atoms with E-state index in [1.165, 1.54) is 0 Å². The van der Waals surface area contributed by atoms with Gasteiger partial charge in [-0.25, -0.2) is 14.5 Å². The fourth-order valence-electron chi connectivity index (χ4n) is 3.01. The molecule has 0 radical (unpaired) electrons. The number of hydrogen-bond acceptors (Lipinski definition) is 4. The first-order chi connectivity index (χ1) is 11.0. The van der Waals surface area contributed by atoms with E-state index < -0.39 is 0 Å². The van der Waals surface area contributed by atoms with E-state index in [1.54, 1.807) is 22.8 Å². The van der Waals surface area contributed by atoms with E-state index in [2.05, 4.69) is 35.6 Å². The van der Waals surface area contributed by atoms with Crippen molar-refractivity contribution in [2.75, 3.05) is 6.54 Å². The van der Waals surface area contributed by atoms with Crippen molar-refractivity contribution in [3.63, 3.8) is 0 Å². The fourth-order valence-corrected chi connectivity index (χ4v) is 3.31. The van der Waals surface area contributed by atoms with Gasteiger partial charge in [-0.3, -0.25) is 4.79 Å². The maximum Gasteiger partial charge on any atom is 0.275 e. The Morgan fingerprint density at radius 2 is 2.17 bits per heavy atom. The van der Waals surface area contributed by atoms with Crippen LogP contribution < -0.4 is 0 Å². The van der Waals surface area contributed by atoms with E-state index in [4.69, 9.17) is 0 Å². The highest BCUT2D eigenvalue weighted by Crippen LogP contribution is 2.26. The van der Waals surface area contributed by atoms with E-state index in [1.807, 2.05) is 24.9 Å². The van der Waals surface area contributed by atoms with E-state index in [0.29, 0.717) is 22.5 Å². The molecule has 8 heteroatoms. The number of amides is 1. The second-order valence-electron chi connectivity index (χ2n) is 5.69. The number of hydrogen-bond donors (Lipinski definition) is 0. The highest BCUT2D eigenvalue weighted by atomic mass is 79.9. The van der Waals surface area contributed by atoms with Crippen LogP contribution >= 0.6 is 15.9 Å². The summed E-state index contributed by atoms with van der Waals surface area (Å²) in [6.07, 6.45) is 3.80. The fraction of sp³-hybridized carbons (Fsp3) is 0.333. The molecular weight excluding hydrogens is 360 g/mol. The lowest BCUT2D eigenvalue weighted by Crippen LogP contribution is -2.41. The lowest BCUT2D eigenvalue weighted by atomic mass is 10.2. The number of carbonyl (C=O) groups excluding carboxylic acids is 1. The van der Waals surface area contributed by atoms with Gasteiger partial charge in [-0.15, -0.1) is 0 Å². The molecule has 4 rings (SSSR count). The molecule has 1 aliphatic heterocycles. The van der Waals surface area contributed by atoms with Crippen molar-refractivity contribution in [2.24, 2.45) is 0 Å². The van der Waals surface area contributed by atoms with Gasteiger partial charge in [0.05, 0.1) is 11.7 Å². The number of carbonyl (C=O) groups is 1. The van der Waals surface area contributed by atoms with Gasteiger partial charge in [0.2, 0.25) is 0 Å². The molecule has 3 aromatic heterocycles. The molecule has 0 saturated heterocycles. The van der Waals surface area contributed by atoms with Crippen molar-refractivity contribution < 1.29 is 4.79 Å². The second-order valence-corrected chi connectivity index (χ2v) is 6.50. The third-order valence-corrected chi connectivity index (χ3v) is 4.56. The first kappa shape index (κ1) is 14.4. The first-order valence-electron chi connectivity index (χ1n) is 7.39. The summed E-state index contributed by atoms with van der Waals surface area (Å²) < 4.78 is 4.44. The van der Waals surface area contributed by atoms with Crippen molar-refractivity contribution in [1.29, 1.82) is 0 Å². The van der Waals surface area contributed by atoms with Gasteiger partial charge < -0.3 is 9.47 Å². The van der Waals surface area contributed by atoms with Gasteiger partial charge in [0.25, 0.3) is 5.91 Å². The predicted molar refractivity (Wildman–Crippen MR) is 87.1 cm³/mol. The normalized spacial score (nSPS) is 17.5. The number of rotatable bonds is 1. The molecule has 0 N–H and O–H groups in total. The molecule has 118 valence electrons. The standard InChI is InChI=1S/C15H15BrN6O/c1-9-8-20-5-6-21(10(2)14(20)17-9)15(23)11-7-13-18-12(16)3-4-22(13)19-11/h3-4,7-8,10H,5-6H2,1-2H3. The second kappa shape index (κ2) is 5.16. The molecule has 3 aromatic rings. The Morgan fingerprint density at radius 3 is 3.00 bits per heavy atom. The van der Waals surface area contributed by atoms with E-state index >= 15 is 0 Å². The van der Waals surface area contributed by atoms with E-state index in [9.17, 15) is 4.79 Å². The van der Waals surface area contributed by atoms with Crippen LogP contribution in [-0.4, -0.2) is 41.5 Å². The molecule has 0 aromatic carbocycles. The maximum atomic E-state index is 12.9. The van der Waals surface area contributed by atoms with Crippen LogP contribution in [0, 0.1) is 6.92 Å². The molecule has 1 amide bonds. The van der Waals surface area contributed by atoms with Crippen LogP contribution in [0.2, 0.25) is 0 Å². The number of aryl methyl sites for hydroxylation is 1. The lowest BCUT2D eigenvalue weighted by Gasteiger charge is -2.33. The summed E-state index contributed by atoms with van der Waals surface area (Å²) in [5.74, 6) is 0.831. The van der Waals surface area contributed by atoms with Crippen molar-refractivity contribution in [3.8, 4) is 0 Å². The lowest BCUT2D eigenvalue weighted by molar-refractivity contribution is 0.0631. The van der Waals surface area contributed by atoms with Crippen LogP contribution in [-0.2, 0) is 6.54 Å². The molecule has 1 aliphatic rings. The molecular formula is C15H15BrN6O. The van der Waals surface area contributed by atoms with E-state index in [0.717, 1.165) is 18.1 Å². The van der Waals surface area contributed by atoms with Crippen molar-refractivity contribution in [3.05, 3.63) is 46.3 Å². The predicted octanol–water partition coefficient (Wildman–Crippen LogP) is 2.21. The molecule has 0 saturated carbocycles. The van der Waals surface area contributed by atoms with Gasteiger partial charge in [-0.05, 0) is 35.8 Å². The van der Waals surface area contributed by atoms with Gasteiger partial charge in [0.1, 0.15) is 10.4 Å². The minimum atomic E-state index is -0.0916. The van der Waals surface area contributed by atoms with Crippen LogP contribution in [0.15, 0.2) is 29.1 Å². The van der Waals surface area contributed by atoms with Gasteiger partial charge >= 0.3 is 0 Å². The smallest absolute Gasteiger partial charge is 0.275 e. The molecule has 1 atom stereocenters. The summed E-state index contributed by atoms with van der Waals surface area (Å²) in [6.45, 7) is 5.37. The average Bonchev–Trinajstić information content (AvgIpc) is 3.09. The zero-order valence-corrected chi connectivity index (χ0v) is 14.4. The quantitative estimate of drug-likeness (QED) is 0.612. The number of nitrogens with zero attached hydrogens (tertiary/aromatic N) is 6. The number of halogens is 1. The van der Waals surface area contributed by atoms with Gasteiger partial charge in [0.15, 0.2) is 11.3 Å². The van der Waals surface area contributed by atoms with Crippen LogP contribution in [0.4, 0.5) is 0 Å². The molecule has 0 fully saturated rings. The molecule has 1 unspecified atom stereocenters. The Labute approximate surface area is 141 Å². The van der Waals surface area contributed by atoms with E-state index in [-0.39, 0.29) is 11.9 Å². The zero-order valence-electron chi connectivity index (χ0n) is 12.8. The summed E-state index contributed by atoms with van der Waals surface area (Å²) in [6, 6.07) is 3.43. The monoisotopic (exact) mass is 374 g/mol. The third-order valence-electron chi connectivity index (χ3n) is 4.12. The van der Waals surface area contributed by atoms with Crippen molar-refractivity contribution in [1.82, 2.24) is 29.0 Å².